The van der Waals surface area contributed by atoms with Crippen molar-refractivity contribution in [1.82, 2.24) is 25.2 Å². The van der Waals surface area contributed by atoms with Gasteiger partial charge in [0, 0.05) is 44.0 Å². The van der Waals surface area contributed by atoms with Crippen LogP contribution in [0.15, 0.2) is 40.8 Å². The first kappa shape index (κ1) is 22.7. The van der Waals surface area contributed by atoms with Gasteiger partial charge in [-0.25, -0.2) is 4.98 Å². The number of aromatic amines is 1. The number of amides is 1. The third kappa shape index (κ3) is 4.80. The van der Waals surface area contributed by atoms with Crippen molar-refractivity contribution < 1.29 is 18.0 Å². The summed E-state index contributed by atoms with van der Waals surface area (Å²) in [6.07, 6.45) is -0.837. The third-order valence-electron chi connectivity index (χ3n) is 5.48. The first-order valence-corrected chi connectivity index (χ1v) is 10.4. The highest BCUT2D eigenvalue weighted by Crippen LogP contribution is 2.32. The van der Waals surface area contributed by atoms with Gasteiger partial charge in [0.25, 0.3) is 11.5 Å². The van der Waals surface area contributed by atoms with E-state index in [1.807, 2.05) is 17.9 Å². The smallest absolute Gasteiger partial charge is 0.354 e. The van der Waals surface area contributed by atoms with Gasteiger partial charge in [-0.05, 0) is 35.8 Å². The first-order valence-electron chi connectivity index (χ1n) is 10.4. The Morgan fingerprint density at radius 3 is 2.70 bits per heavy atom. The maximum absolute atomic E-state index is 13.5. The van der Waals surface area contributed by atoms with Crippen LogP contribution in [0.1, 0.15) is 39.8 Å². The number of alkyl halides is 3. The second-order valence-electron chi connectivity index (χ2n) is 7.91. The third-order valence-corrected chi connectivity index (χ3v) is 5.48. The van der Waals surface area contributed by atoms with E-state index in [4.69, 9.17) is 0 Å². The Kier molecular flexibility index (Phi) is 6.03. The van der Waals surface area contributed by atoms with Crippen molar-refractivity contribution in [2.24, 2.45) is 0 Å². The molecule has 7 nitrogen and oxygen atoms in total. The summed E-state index contributed by atoms with van der Waals surface area (Å²) < 4.78 is 40.4. The normalized spacial score (nSPS) is 14.3. The quantitative estimate of drug-likeness (QED) is 0.614. The zero-order valence-electron chi connectivity index (χ0n) is 18.1. The van der Waals surface area contributed by atoms with Crippen LogP contribution in [0, 0.1) is 0 Å². The number of hydrogen-bond donors (Lipinski definition) is 2. The van der Waals surface area contributed by atoms with Gasteiger partial charge >= 0.3 is 6.18 Å². The van der Waals surface area contributed by atoms with E-state index >= 15 is 0 Å². The number of pyridine rings is 3. The van der Waals surface area contributed by atoms with E-state index in [0.717, 1.165) is 11.1 Å². The van der Waals surface area contributed by atoms with Crippen LogP contribution < -0.4 is 10.9 Å². The maximum atomic E-state index is 13.5. The molecule has 1 saturated heterocycles. The summed E-state index contributed by atoms with van der Waals surface area (Å²) >= 11 is 0. The van der Waals surface area contributed by atoms with Crippen LogP contribution in [-0.4, -0.2) is 45.9 Å². The van der Waals surface area contributed by atoms with Gasteiger partial charge in [-0.1, -0.05) is 19.1 Å². The van der Waals surface area contributed by atoms with Gasteiger partial charge in [0.05, 0.1) is 11.0 Å². The fraction of sp³-hybridized carbons (Fsp3) is 0.304. The SMILES string of the molecule is CCc1cc2ncc(CN3CC(=Cc4ccc(C(=O)NC)nc4C(F)(F)F)C3)cc2[nH]c1=O. The van der Waals surface area contributed by atoms with Gasteiger partial charge < -0.3 is 10.3 Å². The molecule has 10 heteroatoms. The Morgan fingerprint density at radius 2 is 2.03 bits per heavy atom. The number of carbonyl (C=O) groups is 1. The zero-order chi connectivity index (χ0) is 23.8. The van der Waals surface area contributed by atoms with Crippen LogP contribution in [0.5, 0.6) is 0 Å². The average molecular weight is 457 g/mol. The van der Waals surface area contributed by atoms with E-state index in [1.165, 1.54) is 25.3 Å². The summed E-state index contributed by atoms with van der Waals surface area (Å²) in [5.41, 5.74) is 2.21. The highest BCUT2D eigenvalue weighted by Gasteiger charge is 2.36. The minimum Gasteiger partial charge on any atom is -0.354 e. The van der Waals surface area contributed by atoms with E-state index in [-0.39, 0.29) is 16.8 Å². The number of halogens is 3. The number of rotatable bonds is 5. The van der Waals surface area contributed by atoms with Gasteiger partial charge in [-0.3, -0.25) is 19.5 Å². The summed E-state index contributed by atoms with van der Waals surface area (Å²) in [5, 5.41) is 2.28. The predicted octanol–water partition coefficient (Wildman–Crippen LogP) is 3.16. The number of nitrogens with one attached hydrogen (secondary N) is 2. The van der Waals surface area contributed by atoms with E-state index in [9.17, 15) is 22.8 Å². The van der Waals surface area contributed by atoms with Gasteiger partial charge in [0.2, 0.25) is 0 Å². The largest absolute Gasteiger partial charge is 0.433 e. The van der Waals surface area contributed by atoms with Crippen LogP contribution >= 0.6 is 0 Å². The molecule has 1 aliphatic rings. The Hall–Kier alpha value is -3.53. The Morgan fingerprint density at radius 1 is 1.27 bits per heavy atom. The van der Waals surface area contributed by atoms with Crippen molar-refractivity contribution in [2.45, 2.75) is 26.1 Å². The van der Waals surface area contributed by atoms with Gasteiger partial charge in [-0.2, -0.15) is 13.2 Å². The number of likely N-dealkylation sites (tertiary alicyclic amines) is 1. The number of aryl methyl sites for hydroxylation is 1. The monoisotopic (exact) mass is 457 g/mol. The minimum absolute atomic E-state index is 0.0681. The molecule has 172 valence electrons. The first-order chi connectivity index (χ1) is 15.7. The lowest BCUT2D eigenvalue weighted by Gasteiger charge is -2.34. The molecule has 0 bridgehead atoms. The van der Waals surface area contributed by atoms with Crippen molar-refractivity contribution >= 4 is 23.0 Å². The molecule has 0 aromatic carbocycles. The van der Waals surface area contributed by atoms with Gasteiger partial charge in [0.15, 0.2) is 5.69 Å². The highest BCUT2D eigenvalue weighted by molar-refractivity contribution is 5.92. The Bertz CT molecular complexity index is 1310. The zero-order valence-corrected chi connectivity index (χ0v) is 18.1. The van der Waals surface area contributed by atoms with E-state index in [1.54, 1.807) is 12.3 Å². The molecular formula is C23H22F3N5O2. The molecule has 33 heavy (non-hydrogen) atoms. The summed E-state index contributed by atoms with van der Waals surface area (Å²) in [5.74, 6) is -0.675. The minimum atomic E-state index is -4.68. The average Bonchev–Trinajstić information content (AvgIpc) is 2.75. The number of H-pyrrole nitrogens is 1. The Balaban J connectivity index is 1.48. The summed E-state index contributed by atoms with van der Waals surface area (Å²) in [6.45, 7) is 3.46. The van der Waals surface area contributed by atoms with Crippen LogP contribution in [0.3, 0.4) is 0 Å². The van der Waals surface area contributed by atoms with Crippen molar-refractivity contribution in [3.8, 4) is 0 Å². The fourth-order valence-corrected chi connectivity index (χ4v) is 3.79. The van der Waals surface area contributed by atoms with Crippen LogP contribution in [-0.2, 0) is 19.1 Å². The standard InChI is InChI=1S/C23H22F3N5O2/c1-3-15-8-18-19(30-21(15)32)7-13(9-28-18)10-31-11-14(12-31)6-16-4-5-17(22(33)27-2)29-20(16)23(24,25)26/h4-9H,3,10-12H2,1-2H3,(H,27,33)(H,30,32). The molecule has 0 unspecified atom stereocenters. The van der Waals surface area contributed by atoms with Gasteiger partial charge in [0.1, 0.15) is 5.69 Å². The van der Waals surface area contributed by atoms with Crippen LogP contribution in [0.2, 0.25) is 0 Å². The van der Waals surface area contributed by atoms with Crippen molar-refractivity contribution in [1.29, 1.82) is 0 Å². The summed E-state index contributed by atoms with van der Waals surface area (Å²) in [6, 6.07) is 6.20. The fourth-order valence-electron chi connectivity index (χ4n) is 3.79. The summed E-state index contributed by atoms with van der Waals surface area (Å²) in [7, 11) is 1.33. The molecule has 2 N–H and O–H groups in total. The number of carbonyl (C=O) groups excluding carboxylic acids is 1. The van der Waals surface area contributed by atoms with Crippen molar-refractivity contribution in [3.63, 3.8) is 0 Å². The van der Waals surface area contributed by atoms with Crippen molar-refractivity contribution in [2.75, 3.05) is 20.1 Å². The van der Waals surface area contributed by atoms with Crippen LogP contribution in [0.4, 0.5) is 13.2 Å². The summed E-state index contributed by atoms with van der Waals surface area (Å²) in [4.78, 5) is 36.5. The van der Waals surface area contributed by atoms with Crippen molar-refractivity contribution in [3.05, 3.63) is 74.5 Å². The molecule has 0 aliphatic carbocycles. The molecule has 0 radical (unpaired) electrons. The molecule has 0 atom stereocenters. The second-order valence-corrected chi connectivity index (χ2v) is 7.91. The van der Waals surface area contributed by atoms with Crippen LogP contribution in [0.25, 0.3) is 17.1 Å². The number of aromatic nitrogens is 3. The molecular weight excluding hydrogens is 435 g/mol. The predicted molar refractivity (Wildman–Crippen MR) is 118 cm³/mol. The Labute approximate surface area is 187 Å². The topological polar surface area (TPSA) is 91.0 Å². The molecule has 3 aromatic rings. The number of hydrogen-bond acceptors (Lipinski definition) is 5. The van der Waals surface area contributed by atoms with Gasteiger partial charge in [-0.15, -0.1) is 0 Å². The number of nitrogens with zero attached hydrogens (tertiary/aromatic N) is 3. The molecule has 1 fully saturated rings. The molecule has 0 spiro atoms. The van der Waals surface area contributed by atoms with E-state index < -0.39 is 17.8 Å². The molecule has 0 saturated carbocycles. The molecule has 1 aliphatic heterocycles. The van der Waals surface area contributed by atoms with E-state index in [2.05, 4.69) is 20.3 Å². The highest BCUT2D eigenvalue weighted by atomic mass is 19.4. The molecule has 1 amide bonds. The maximum Gasteiger partial charge on any atom is 0.433 e. The molecule has 4 rings (SSSR count). The number of fused-ring (bicyclic) bond motifs is 1. The lowest BCUT2D eigenvalue weighted by molar-refractivity contribution is -0.141. The molecule has 4 heterocycles. The lowest BCUT2D eigenvalue weighted by atomic mass is 10.0. The second kappa shape index (κ2) is 8.78. The lowest BCUT2D eigenvalue weighted by Crippen LogP contribution is -2.39. The van der Waals surface area contributed by atoms with E-state index in [0.29, 0.717) is 42.7 Å². The molecule has 3 aromatic heterocycles.